The van der Waals surface area contributed by atoms with Crippen LogP contribution in [-0.2, 0) is 6.54 Å². The van der Waals surface area contributed by atoms with Gasteiger partial charge in [0.2, 0.25) is 5.43 Å². The SMILES string of the molecule is O=c1ccn(CC(O)CO)c(C(O)c2ccccc2)c1O. The number of hydrogen-bond acceptors (Lipinski definition) is 5. The van der Waals surface area contributed by atoms with Crippen molar-refractivity contribution in [1.29, 1.82) is 0 Å². The molecule has 6 heteroatoms. The van der Waals surface area contributed by atoms with Crippen molar-refractivity contribution in [1.82, 2.24) is 4.57 Å². The molecule has 6 nitrogen and oxygen atoms in total. The first-order valence-electron chi connectivity index (χ1n) is 6.48. The maximum absolute atomic E-state index is 11.6. The predicted molar refractivity (Wildman–Crippen MR) is 76.0 cm³/mol. The summed E-state index contributed by atoms with van der Waals surface area (Å²) in [4.78, 5) is 11.6. The molecule has 0 spiro atoms. The summed E-state index contributed by atoms with van der Waals surface area (Å²) in [5.41, 5.74) is -0.124. The number of aliphatic hydroxyl groups is 3. The van der Waals surface area contributed by atoms with E-state index in [0.29, 0.717) is 5.56 Å². The summed E-state index contributed by atoms with van der Waals surface area (Å²) >= 11 is 0. The Morgan fingerprint density at radius 3 is 2.38 bits per heavy atom. The van der Waals surface area contributed by atoms with E-state index in [1.165, 1.54) is 10.8 Å². The molecule has 2 atom stereocenters. The first-order valence-corrected chi connectivity index (χ1v) is 6.48. The Balaban J connectivity index is 2.49. The topological polar surface area (TPSA) is 103 Å². The van der Waals surface area contributed by atoms with Gasteiger partial charge in [0.15, 0.2) is 5.75 Å². The van der Waals surface area contributed by atoms with Crippen LogP contribution < -0.4 is 5.43 Å². The smallest absolute Gasteiger partial charge is 0.223 e. The van der Waals surface area contributed by atoms with Gasteiger partial charge in [-0.05, 0) is 5.56 Å². The fourth-order valence-corrected chi connectivity index (χ4v) is 2.10. The number of aromatic nitrogens is 1. The molecule has 0 radical (unpaired) electrons. The van der Waals surface area contributed by atoms with Gasteiger partial charge in [0.25, 0.3) is 0 Å². The van der Waals surface area contributed by atoms with E-state index in [0.717, 1.165) is 6.07 Å². The Kier molecular flexibility index (Phi) is 4.74. The van der Waals surface area contributed by atoms with Crippen LogP contribution in [0.5, 0.6) is 5.75 Å². The Labute approximate surface area is 121 Å². The summed E-state index contributed by atoms with van der Waals surface area (Å²) in [5.74, 6) is -0.570. The lowest BCUT2D eigenvalue weighted by atomic mass is 10.0. The first kappa shape index (κ1) is 15.2. The van der Waals surface area contributed by atoms with Crippen LogP contribution in [0.4, 0.5) is 0 Å². The van der Waals surface area contributed by atoms with E-state index < -0.39 is 30.0 Å². The third-order valence-corrected chi connectivity index (χ3v) is 3.18. The van der Waals surface area contributed by atoms with Gasteiger partial charge in [-0.25, -0.2) is 0 Å². The van der Waals surface area contributed by atoms with Gasteiger partial charge in [-0.3, -0.25) is 4.79 Å². The normalized spacial score (nSPS) is 13.9. The van der Waals surface area contributed by atoms with Crippen LogP contribution in [0.2, 0.25) is 0 Å². The second-order valence-corrected chi connectivity index (χ2v) is 4.72. The lowest BCUT2D eigenvalue weighted by Crippen LogP contribution is -2.25. The molecule has 1 aromatic heterocycles. The van der Waals surface area contributed by atoms with Gasteiger partial charge >= 0.3 is 0 Å². The highest BCUT2D eigenvalue weighted by molar-refractivity contribution is 5.35. The van der Waals surface area contributed by atoms with Gasteiger partial charge in [0.05, 0.1) is 24.9 Å². The molecule has 0 fully saturated rings. The van der Waals surface area contributed by atoms with Crippen LogP contribution in [0.1, 0.15) is 17.4 Å². The van der Waals surface area contributed by atoms with Gasteiger partial charge in [0.1, 0.15) is 6.10 Å². The number of aliphatic hydroxyl groups excluding tert-OH is 3. The number of aromatic hydroxyl groups is 1. The summed E-state index contributed by atoms with van der Waals surface area (Å²) < 4.78 is 1.36. The maximum Gasteiger partial charge on any atom is 0.223 e. The van der Waals surface area contributed by atoms with E-state index in [-0.39, 0.29) is 12.2 Å². The molecule has 0 bridgehead atoms. The lowest BCUT2D eigenvalue weighted by molar-refractivity contribution is 0.0779. The Morgan fingerprint density at radius 1 is 1.10 bits per heavy atom. The largest absolute Gasteiger partial charge is 0.503 e. The quantitative estimate of drug-likeness (QED) is 0.620. The molecule has 0 aliphatic heterocycles. The van der Waals surface area contributed by atoms with Gasteiger partial charge in [-0.15, -0.1) is 0 Å². The van der Waals surface area contributed by atoms with Crippen LogP contribution in [0.3, 0.4) is 0 Å². The fraction of sp³-hybridized carbons (Fsp3) is 0.267. The van der Waals surface area contributed by atoms with Crippen LogP contribution >= 0.6 is 0 Å². The van der Waals surface area contributed by atoms with Crippen molar-refractivity contribution in [2.45, 2.75) is 18.8 Å². The molecule has 21 heavy (non-hydrogen) atoms. The zero-order valence-electron chi connectivity index (χ0n) is 11.3. The van der Waals surface area contributed by atoms with Gasteiger partial charge in [0, 0.05) is 12.3 Å². The number of benzene rings is 1. The zero-order chi connectivity index (χ0) is 15.4. The first-order chi connectivity index (χ1) is 10.0. The van der Waals surface area contributed by atoms with Crippen molar-refractivity contribution in [3.63, 3.8) is 0 Å². The predicted octanol–water partition coefficient (Wildman–Crippen LogP) is -0.0112. The molecule has 0 amide bonds. The van der Waals surface area contributed by atoms with E-state index in [9.17, 15) is 20.1 Å². The molecule has 1 aromatic carbocycles. The molecule has 1 heterocycles. The van der Waals surface area contributed by atoms with Gasteiger partial charge in [-0.2, -0.15) is 0 Å². The molecule has 2 rings (SSSR count). The van der Waals surface area contributed by atoms with Crippen molar-refractivity contribution < 1.29 is 20.4 Å². The Bertz CT molecular complexity index is 653. The highest BCUT2D eigenvalue weighted by atomic mass is 16.3. The number of pyridine rings is 1. The molecule has 2 aromatic rings. The van der Waals surface area contributed by atoms with Crippen LogP contribution in [0.15, 0.2) is 47.4 Å². The highest BCUT2D eigenvalue weighted by Crippen LogP contribution is 2.26. The second kappa shape index (κ2) is 6.53. The minimum Gasteiger partial charge on any atom is -0.503 e. The standard InChI is InChI=1S/C15H17NO5/c17-9-11(18)8-16-7-6-12(19)15(21)13(16)14(20)10-4-2-1-3-5-10/h1-7,11,14,17-18,20-21H,8-9H2. The van der Waals surface area contributed by atoms with Crippen LogP contribution in [-0.4, -0.2) is 37.7 Å². The minimum atomic E-state index is -1.22. The van der Waals surface area contributed by atoms with Crippen molar-refractivity contribution in [2.24, 2.45) is 0 Å². The molecule has 0 saturated heterocycles. The Morgan fingerprint density at radius 2 is 1.76 bits per heavy atom. The van der Waals surface area contributed by atoms with Crippen molar-refractivity contribution in [3.8, 4) is 5.75 Å². The second-order valence-electron chi connectivity index (χ2n) is 4.72. The van der Waals surface area contributed by atoms with Gasteiger partial charge in [-0.1, -0.05) is 30.3 Å². The van der Waals surface area contributed by atoms with E-state index >= 15 is 0 Å². The van der Waals surface area contributed by atoms with Crippen LogP contribution in [0, 0.1) is 0 Å². The molecular formula is C15H17NO5. The number of nitrogens with zero attached hydrogens (tertiary/aromatic N) is 1. The number of hydrogen-bond donors (Lipinski definition) is 4. The maximum atomic E-state index is 11.6. The van der Waals surface area contributed by atoms with E-state index in [4.69, 9.17) is 5.11 Å². The van der Waals surface area contributed by atoms with E-state index in [2.05, 4.69) is 0 Å². The lowest BCUT2D eigenvalue weighted by Gasteiger charge is -2.21. The molecule has 112 valence electrons. The summed E-state index contributed by atoms with van der Waals surface area (Å²) in [5, 5.41) is 38.8. The van der Waals surface area contributed by atoms with Crippen molar-refractivity contribution in [2.75, 3.05) is 6.61 Å². The third-order valence-electron chi connectivity index (χ3n) is 3.18. The summed E-state index contributed by atoms with van der Waals surface area (Å²) in [6, 6.07) is 9.69. The van der Waals surface area contributed by atoms with E-state index in [1.807, 2.05) is 0 Å². The Hall–Kier alpha value is -2.15. The molecule has 0 aliphatic rings. The van der Waals surface area contributed by atoms with Gasteiger partial charge < -0.3 is 25.0 Å². The van der Waals surface area contributed by atoms with E-state index in [1.54, 1.807) is 30.3 Å². The summed E-state index contributed by atoms with van der Waals surface area (Å²) in [6.07, 6.45) is -0.915. The van der Waals surface area contributed by atoms with Crippen molar-refractivity contribution in [3.05, 3.63) is 64.1 Å². The molecule has 2 unspecified atom stereocenters. The van der Waals surface area contributed by atoms with Crippen LogP contribution in [0.25, 0.3) is 0 Å². The summed E-state index contributed by atoms with van der Waals surface area (Å²) in [7, 11) is 0. The third kappa shape index (κ3) is 3.30. The molecular weight excluding hydrogens is 274 g/mol. The monoisotopic (exact) mass is 291 g/mol. The zero-order valence-corrected chi connectivity index (χ0v) is 11.3. The average Bonchev–Trinajstić information content (AvgIpc) is 2.51. The summed E-state index contributed by atoms with van der Waals surface area (Å²) in [6.45, 7) is -0.517. The van der Waals surface area contributed by atoms with Crippen molar-refractivity contribution >= 4 is 0 Å². The molecule has 0 saturated carbocycles. The molecule has 0 aliphatic carbocycles. The number of rotatable bonds is 5. The minimum absolute atomic E-state index is 0.0128. The highest BCUT2D eigenvalue weighted by Gasteiger charge is 2.21. The average molecular weight is 291 g/mol. The molecule has 4 N–H and O–H groups in total. The fourth-order valence-electron chi connectivity index (χ4n) is 2.10.